The van der Waals surface area contributed by atoms with E-state index in [1.54, 1.807) is 12.1 Å². The Morgan fingerprint density at radius 1 is 1.53 bits per heavy atom. The molecule has 0 saturated heterocycles. The normalized spacial score (nSPS) is 20.5. The van der Waals surface area contributed by atoms with Crippen LogP contribution in [-0.2, 0) is 0 Å². The SMILES string of the molecule is Cc1nc2cc(NC3CC3(C)C)c([N+](=O)[O-])cc2s1. The van der Waals surface area contributed by atoms with Gasteiger partial charge in [-0.05, 0) is 24.8 Å². The average Bonchev–Trinajstić information content (AvgIpc) is 2.73. The highest BCUT2D eigenvalue weighted by Gasteiger charge is 2.46. The van der Waals surface area contributed by atoms with E-state index in [2.05, 4.69) is 24.1 Å². The number of fused-ring (bicyclic) bond motifs is 1. The highest BCUT2D eigenvalue weighted by Crippen LogP contribution is 2.47. The van der Waals surface area contributed by atoms with E-state index in [0.717, 1.165) is 21.6 Å². The number of nitro benzene ring substituents is 1. The van der Waals surface area contributed by atoms with Gasteiger partial charge in [0.15, 0.2) is 0 Å². The van der Waals surface area contributed by atoms with Crippen LogP contribution in [0.3, 0.4) is 0 Å². The zero-order valence-corrected chi connectivity index (χ0v) is 11.9. The second-order valence-corrected chi connectivity index (χ2v) is 6.95. The molecule has 3 rings (SSSR count). The molecule has 1 aromatic heterocycles. The maximum absolute atomic E-state index is 11.2. The summed E-state index contributed by atoms with van der Waals surface area (Å²) < 4.78 is 0.866. The molecule has 2 aromatic rings. The van der Waals surface area contributed by atoms with E-state index in [1.165, 1.54) is 11.3 Å². The average molecular weight is 277 g/mol. The van der Waals surface area contributed by atoms with Gasteiger partial charge in [-0.25, -0.2) is 4.98 Å². The molecule has 1 aliphatic carbocycles. The summed E-state index contributed by atoms with van der Waals surface area (Å²) in [6.45, 7) is 6.22. The van der Waals surface area contributed by atoms with Crippen LogP contribution in [0.15, 0.2) is 12.1 Å². The Kier molecular flexibility index (Phi) is 2.53. The van der Waals surface area contributed by atoms with Crippen LogP contribution in [0.1, 0.15) is 25.3 Å². The Bertz CT molecular complexity index is 678. The zero-order valence-electron chi connectivity index (χ0n) is 11.1. The lowest BCUT2D eigenvalue weighted by Gasteiger charge is -2.08. The first kappa shape index (κ1) is 12.3. The van der Waals surface area contributed by atoms with Crippen molar-refractivity contribution in [3.05, 3.63) is 27.3 Å². The first-order valence-corrected chi connectivity index (χ1v) is 7.00. The zero-order chi connectivity index (χ0) is 13.8. The molecule has 0 bridgehead atoms. The van der Waals surface area contributed by atoms with E-state index in [0.29, 0.717) is 11.7 Å². The van der Waals surface area contributed by atoms with Crippen LogP contribution in [0, 0.1) is 22.5 Å². The molecule has 1 aliphatic rings. The van der Waals surface area contributed by atoms with Crippen molar-refractivity contribution in [3.8, 4) is 0 Å². The first-order valence-electron chi connectivity index (χ1n) is 6.19. The molecule has 5 nitrogen and oxygen atoms in total. The fourth-order valence-corrected chi connectivity index (χ4v) is 3.09. The van der Waals surface area contributed by atoms with Gasteiger partial charge in [0.2, 0.25) is 0 Å². The summed E-state index contributed by atoms with van der Waals surface area (Å²) in [4.78, 5) is 15.3. The van der Waals surface area contributed by atoms with Crippen molar-refractivity contribution in [2.75, 3.05) is 5.32 Å². The van der Waals surface area contributed by atoms with Gasteiger partial charge in [-0.1, -0.05) is 13.8 Å². The molecule has 100 valence electrons. The van der Waals surface area contributed by atoms with Crippen molar-refractivity contribution < 1.29 is 4.92 Å². The van der Waals surface area contributed by atoms with Crippen LogP contribution in [0.2, 0.25) is 0 Å². The number of anilines is 1. The summed E-state index contributed by atoms with van der Waals surface area (Å²) in [7, 11) is 0. The van der Waals surface area contributed by atoms with E-state index in [1.807, 2.05) is 6.92 Å². The maximum Gasteiger partial charge on any atom is 0.293 e. The Balaban J connectivity index is 2.05. The van der Waals surface area contributed by atoms with Crippen LogP contribution >= 0.6 is 11.3 Å². The molecular formula is C13H15N3O2S. The van der Waals surface area contributed by atoms with Crippen LogP contribution in [-0.4, -0.2) is 15.9 Å². The summed E-state index contributed by atoms with van der Waals surface area (Å²) in [5, 5.41) is 15.4. The van der Waals surface area contributed by atoms with Crippen LogP contribution in [0.5, 0.6) is 0 Å². The van der Waals surface area contributed by atoms with Crippen molar-refractivity contribution >= 4 is 32.9 Å². The fraction of sp³-hybridized carbons (Fsp3) is 0.462. The van der Waals surface area contributed by atoms with Crippen molar-refractivity contribution in [2.24, 2.45) is 5.41 Å². The molecule has 1 unspecified atom stereocenters. The third-order valence-electron chi connectivity index (χ3n) is 3.65. The Hall–Kier alpha value is -1.69. The van der Waals surface area contributed by atoms with Gasteiger partial charge in [0.05, 0.1) is 20.1 Å². The predicted molar refractivity (Wildman–Crippen MR) is 76.8 cm³/mol. The topological polar surface area (TPSA) is 68.1 Å². The van der Waals surface area contributed by atoms with E-state index in [-0.39, 0.29) is 16.0 Å². The summed E-state index contributed by atoms with van der Waals surface area (Å²) in [5.41, 5.74) is 1.77. The molecule has 6 heteroatoms. The van der Waals surface area contributed by atoms with E-state index in [9.17, 15) is 10.1 Å². The Morgan fingerprint density at radius 2 is 2.21 bits per heavy atom. The van der Waals surface area contributed by atoms with Crippen molar-refractivity contribution in [3.63, 3.8) is 0 Å². The number of nitro groups is 1. The molecule has 0 aliphatic heterocycles. The van der Waals surface area contributed by atoms with Crippen molar-refractivity contribution in [1.82, 2.24) is 4.98 Å². The monoisotopic (exact) mass is 277 g/mol. The molecule has 1 heterocycles. The molecular weight excluding hydrogens is 262 g/mol. The van der Waals surface area contributed by atoms with E-state index < -0.39 is 0 Å². The number of nitrogens with zero attached hydrogens (tertiary/aromatic N) is 2. The van der Waals surface area contributed by atoms with E-state index >= 15 is 0 Å². The summed E-state index contributed by atoms with van der Waals surface area (Å²) in [6, 6.07) is 3.73. The number of hydrogen-bond donors (Lipinski definition) is 1. The van der Waals surface area contributed by atoms with E-state index in [4.69, 9.17) is 0 Å². The number of nitrogens with one attached hydrogen (secondary N) is 1. The minimum atomic E-state index is -0.327. The lowest BCUT2D eigenvalue weighted by molar-refractivity contribution is -0.383. The molecule has 1 N–H and O–H groups in total. The number of aromatic nitrogens is 1. The molecule has 1 saturated carbocycles. The summed E-state index contributed by atoms with van der Waals surface area (Å²) in [6.07, 6.45) is 1.04. The van der Waals surface area contributed by atoms with Gasteiger partial charge in [0, 0.05) is 12.1 Å². The third-order valence-corrected chi connectivity index (χ3v) is 4.59. The van der Waals surface area contributed by atoms with Crippen molar-refractivity contribution in [2.45, 2.75) is 33.2 Å². The van der Waals surface area contributed by atoms with Crippen LogP contribution < -0.4 is 5.32 Å². The maximum atomic E-state index is 11.2. The van der Waals surface area contributed by atoms with Gasteiger partial charge in [-0.2, -0.15) is 0 Å². The van der Waals surface area contributed by atoms with Gasteiger partial charge in [-0.15, -0.1) is 11.3 Å². The molecule has 0 amide bonds. The van der Waals surface area contributed by atoms with Crippen LogP contribution in [0.4, 0.5) is 11.4 Å². The van der Waals surface area contributed by atoms with Crippen molar-refractivity contribution in [1.29, 1.82) is 0 Å². The molecule has 1 atom stereocenters. The second kappa shape index (κ2) is 3.90. The molecule has 0 radical (unpaired) electrons. The highest BCUT2D eigenvalue weighted by atomic mass is 32.1. The third kappa shape index (κ3) is 2.16. The number of aryl methyl sites for hydroxylation is 1. The van der Waals surface area contributed by atoms with Gasteiger partial charge < -0.3 is 5.32 Å². The van der Waals surface area contributed by atoms with Gasteiger partial charge in [0.25, 0.3) is 5.69 Å². The highest BCUT2D eigenvalue weighted by molar-refractivity contribution is 7.18. The Morgan fingerprint density at radius 3 is 2.79 bits per heavy atom. The number of rotatable bonds is 3. The molecule has 0 spiro atoms. The molecule has 1 fully saturated rings. The van der Waals surface area contributed by atoms with Gasteiger partial charge >= 0.3 is 0 Å². The number of hydrogen-bond acceptors (Lipinski definition) is 5. The molecule has 1 aromatic carbocycles. The predicted octanol–water partition coefficient (Wildman–Crippen LogP) is 3.72. The molecule has 19 heavy (non-hydrogen) atoms. The summed E-state index contributed by atoms with van der Waals surface area (Å²) in [5.74, 6) is 0. The smallest absolute Gasteiger partial charge is 0.293 e. The minimum Gasteiger partial charge on any atom is -0.376 e. The standard InChI is InChI=1S/C13H15N3O2S/c1-7-14-9-4-8(15-12-6-13(12,2)3)10(16(17)18)5-11(9)19-7/h4-5,12,15H,6H2,1-3H3. The first-order chi connectivity index (χ1) is 8.87. The quantitative estimate of drug-likeness (QED) is 0.685. The second-order valence-electron chi connectivity index (χ2n) is 5.72. The van der Waals surface area contributed by atoms with Gasteiger partial charge in [0.1, 0.15) is 5.69 Å². The Labute approximate surface area is 114 Å². The summed E-state index contributed by atoms with van der Waals surface area (Å²) >= 11 is 1.48. The lowest BCUT2D eigenvalue weighted by Crippen LogP contribution is -2.09. The lowest BCUT2D eigenvalue weighted by atomic mass is 10.2. The van der Waals surface area contributed by atoms with Gasteiger partial charge in [-0.3, -0.25) is 10.1 Å². The fourth-order valence-electron chi connectivity index (χ4n) is 2.25. The number of benzene rings is 1. The minimum absolute atomic E-state index is 0.138. The number of thiazole rings is 1. The van der Waals surface area contributed by atoms with Crippen LogP contribution in [0.25, 0.3) is 10.2 Å². The largest absolute Gasteiger partial charge is 0.376 e.